The molecule has 3 fully saturated rings. The summed E-state index contributed by atoms with van der Waals surface area (Å²) in [5.41, 5.74) is 1.65. The lowest BCUT2D eigenvalue weighted by Gasteiger charge is -2.77. The van der Waals surface area contributed by atoms with Crippen molar-refractivity contribution in [3.05, 3.63) is 11.6 Å². The number of alkyl halides is 2. The highest BCUT2D eigenvalue weighted by atomic mass is 127. The van der Waals surface area contributed by atoms with Crippen LogP contribution in [-0.2, 0) is 4.79 Å². The molecule has 130 valence electrons. The monoisotopic (exact) mass is 540 g/mol. The van der Waals surface area contributed by atoms with E-state index in [0.717, 1.165) is 32.1 Å². The largest absolute Gasteiger partial charge is 0.789 e. The third-order valence-corrected chi connectivity index (χ3v) is 13.1. The van der Waals surface area contributed by atoms with Gasteiger partial charge in [0.15, 0.2) is 5.78 Å². The standard InChI is InChI=1S/C19H26I2O2/c1-16-7-5-13(22)11-12(16)3-4-14-18(20)8-6-15(23)17(18,2)9-10-19(14,16)21/h11,14-15,23H,3-10H2,1-2H3/q-2/t14-,15-,16-,17+,18?,19?/m0/s1. The zero-order valence-corrected chi connectivity index (χ0v) is 18.3. The highest BCUT2D eigenvalue weighted by Gasteiger charge is 2.62. The Bertz CT molecular complexity index is 602. The molecule has 2 nitrogen and oxygen atoms in total. The molecule has 0 aromatic heterocycles. The molecule has 2 unspecified atom stereocenters. The molecule has 0 aromatic rings. The predicted octanol–water partition coefficient (Wildman–Crippen LogP) is -2.77. The van der Waals surface area contributed by atoms with E-state index in [1.54, 1.807) is 0 Å². The van der Waals surface area contributed by atoms with Crippen molar-refractivity contribution >= 4 is 5.78 Å². The van der Waals surface area contributed by atoms with Crippen LogP contribution in [0.5, 0.6) is 0 Å². The van der Waals surface area contributed by atoms with Crippen molar-refractivity contribution in [1.82, 2.24) is 0 Å². The van der Waals surface area contributed by atoms with Crippen molar-refractivity contribution in [2.24, 2.45) is 16.7 Å². The maximum absolute atomic E-state index is 12.0. The zero-order valence-electron chi connectivity index (χ0n) is 14.0. The second-order valence-corrected chi connectivity index (χ2v) is 12.6. The van der Waals surface area contributed by atoms with Gasteiger partial charge in [0.25, 0.3) is 0 Å². The summed E-state index contributed by atoms with van der Waals surface area (Å²) in [4.78, 5) is 12.0. The smallest absolute Gasteiger partial charge is 0.155 e. The summed E-state index contributed by atoms with van der Waals surface area (Å²) in [6.45, 7) is 4.77. The Labute approximate surface area is 166 Å². The fourth-order valence-corrected chi connectivity index (χ4v) is 10.5. The molecule has 6 atom stereocenters. The van der Waals surface area contributed by atoms with Gasteiger partial charge in [0.05, 0.1) is 6.10 Å². The molecule has 0 aromatic carbocycles. The number of halogens is 2. The lowest BCUT2D eigenvalue weighted by Crippen LogP contribution is -3.50. The summed E-state index contributed by atoms with van der Waals surface area (Å²) in [5, 5.41) is 10.7. The average Bonchev–Trinajstić information content (AvgIpc) is 2.74. The van der Waals surface area contributed by atoms with Crippen LogP contribution >= 0.6 is 0 Å². The third kappa shape index (κ3) is 1.97. The number of aliphatic hydroxyl groups excluding tert-OH is 1. The van der Waals surface area contributed by atoms with E-state index in [0.29, 0.717) is 18.1 Å². The van der Waals surface area contributed by atoms with Crippen LogP contribution < -0.4 is 45.2 Å². The Hall–Kier alpha value is 0.830. The van der Waals surface area contributed by atoms with Crippen molar-refractivity contribution in [3.63, 3.8) is 0 Å². The molecule has 4 aliphatic rings. The van der Waals surface area contributed by atoms with Gasteiger partial charge in [-0.1, -0.05) is 38.2 Å². The minimum Gasteiger partial charge on any atom is -0.789 e. The molecule has 0 aliphatic heterocycles. The predicted molar refractivity (Wildman–Crippen MR) is 81.2 cm³/mol. The second-order valence-electron chi connectivity index (χ2n) is 8.76. The molecule has 0 amide bonds. The van der Waals surface area contributed by atoms with E-state index in [1.165, 1.54) is 18.4 Å². The minimum absolute atomic E-state index is 0.0644. The molecule has 0 saturated heterocycles. The van der Waals surface area contributed by atoms with E-state index >= 15 is 0 Å². The van der Waals surface area contributed by atoms with Crippen LogP contribution in [0.4, 0.5) is 0 Å². The summed E-state index contributed by atoms with van der Waals surface area (Å²) in [5.74, 6) is 0.972. The SMILES string of the molecule is C[C@]12CCC(=O)C=C1CC[C@@H]1C2([I-])CC[C@]2(C)[C@@H](O)CCC12[I-]. The van der Waals surface area contributed by atoms with Gasteiger partial charge in [0.1, 0.15) is 0 Å². The molecule has 4 rings (SSSR count). The molecule has 0 bridgehead atoms. The zero-order chi connectivity index (χ0) is 16.7. The van der Waals surface area contributed by atoms with Crippen LogP contribution in [0.25, 0.3) is 0 Å². The summed E-state index contributed by atoms with van der Waals surface area (Å²) >= 11 is 5.53. The van der Waals surface area contributed by atoms with Gasteiger partial charge in [0, 0.05) is 6.42 Å². The number of fused-ring (bicyclic) bond motifs is 5. The Balaban J connectivity index is 1.81. The van der Waals surface area contributed by atoms with E-state index < -0.39 is 0 Å². The summed E-state index contributed by atoms with van der Waals surface area (Å²) in [7, 11) is 0. The van der Waals surface area contributed by atoms with Crippen LogP contribution in [0.1, 0.15) is 65.2 Å². The fraction of sp³-hybridized carbons (Fsp3) is 0.842. The maximum atomic E-state index is 12.0. The van der Waals surface area contributed by atoms with Gasteiger partial charge in [0.2, 0.25) is 0 Å². The van der Waals surface area contributed by atoms with Crippen molar-refractivity contribution in [2.75, 3.05) is 0 Å². The first-order chi connectivity index (χ1) is 10.7. The lowest BCUT2D eigenvalue weighted by molar-refractivity contribution is -0.598. The summed E-state index contributed by atoms with van der Waals surface area (Å²) < 4.78 is 0.444. The highest BCUT2D eigenvalue weighted by molar-refractivity contribution is 5.91. The summed E-state index contributed by atoms with van der Waals surface area (Å²) in [6, 6.07) is 0. The van der Waals surface area contributed by atoms with Crippen molar-refractivity contribution < 1.29 is 55.1 Å². The first-order valence-electron chi connectivity index (χ1n) is 8.97. The number of carbonyl (C=O) groups is 1. The third-order valence-electron chi connectivity index (χ3n) is 8.11. The van der Waals surface area contributed by atoms with Gasteiger partial charge in [-0.15, -0.1) is 6.84 Å². The number of hydrogen-bond donors (Lipinski definition) is 1. The molecule has 0 spiro atoms. The number of allylic oxidation sites excluding steroid dienone is 1. The molecule has 4 aliphatic carbocycles. The molecular formula is C19H26I2O2-2. The van der Waals surface area contributed by atoms with Crippen LogP contribution in [0.2, 0.25) is 0 Å². The van der Waals surface area contributed by atoms with E-state index in [2.05, 4.69) is 59.0 Å². The number of carbonyl (C=O) groups excluding carboxylic acids is 1. The Morgan fingerprint density at radius 2 is 1.78 bits per heavy atom. The van der Waals surface area contributed by atoms with Crippen LogP contribution in [-0.4, -0.2) is 23.8 Å². The first kappa shape index (κ1) is 17.3. The molecule has 0 heterocycles. The number of ketones is 1. The molecule has 23 heavy (non-hydrogen) atoms. The lowest BCUT2D eigenvalue weighted by atomic mass is 9.47. The Morgan fingerprint density at radius 1 is 1.04 bits per heavy atom. The van der Waals surface area contributed by atoms with Gasteiger partial charge < -0.3 is 50.3 Å². The van der Waals surface area contributed by atoms with Gasteiger partial charge in [-0.2, -0.15) is 0 Å². The normalized spacial score (nSPS) is 55.7. The molecule has 1 N–H and O–H groups in total. The topological polar surface area (TPSA) is 37.3 Å². The molecular weight excluding hydrogens is 514 g/mol. The Kier molecular flexibility index (Phi) is 3.89. The molecule has 4 heteroatoms. The highest BCUT2D eigenvalue weighted by Crippen LogP contribution is 2.64. The summed E-state index contributed by atoms with van der Waals surface area (Å²) in [6.07, 6.45) is 10.2. The van der Waals surface area contributed by atoms with E-state index in [-0.39, 0.29) is 23.8 Å². The molecule has 3 saturated carbocycles. The van der Waals surface area contributed by atoms with E-state index in [4.69, 9.17) is 0 Å². The van der Waals surface area contributed by atoms with Crippen LogP contribution in [0.15, 0.2) is 11.6 Å². The van der Waals surface area contributed by atoms with Crippen molar-refractivity contribution in [2.45, 2.75) is 78.2 Å². The Morgan fingerprint density at radius 3 is 2.52 bits per heavy atom. The van der Waals surface area contributed by atoms with Crippen molar-refractivity contribution in [3.8, 4) is 0 Å². The van der Waals surface area contributed by atoms with Gasteiger partial charge in [-0.05, 0) is 49.0 Å². The van der Waals surface area contributed by atoms with E-state index in [1.807, 2.05) is 6.08 Å². The molecule has 2 radical (unpaired) electrons. The van der Waals surface area contributed by atoms with Gasteiger partial charge >= 0.3 is 0 Å². The fourth-order valence-electron chi connectivity index (χ4n) is 6.35. The average molecular weight is 540 g/mol. The van der Waals surface area contributed by atoms with Crippen LogP contribution in [0.3, 0.4) is 0 Å². The van der Waals surface area contributed by atoms with Gasteiger partial charge in [-0.25, -0.2) is 0 Å². The minimum atomic E-state index is -0.141. The number of hydrogen-bond acceptors (Lipinski definition) is 2. The maximum Gasteiger partial charge on any atom is 0.155 e. The first-order valence-corrected chi connectivity index (χ1v) is 11.1. The number of aliphatic hydroxyl groups is 1. The van der Waals surface area contributed by atoms with Gasteiger partial charge in [-0.3, -0.25) is 4.79 Å². The second kappa shape index (κ2) is 5.18. The van der Waals surface area contributed by atoms with Crippen molar-refractivity contribution in [1.29, 1.82) is 0 Å². The number of rotatable bonds is 0. The van der Waals surface area contributed by atoms with Crippen LogP contribution in [0, 0.1) is 16.7 Å². The quantitative estimate of drug-likeness (QED) is 0.267. The van der Waals surface area contributed by atoms with E-state index in [9.17, 15) is 9.90 Å².